The molecule has 0 bridgehead atoms. The van der Waals surface area contributed by atoms with E-state index in [9.17, 15) is 0 Å². The van der Waals surface area contributed by atoms with E-state index in [0.29, 0.717) is 13.0 Å². The fraction of sp³-hybridized carbons (Fsp3) is 0.375. The average Bonchev–Trinajstić information content (AvgIpc) is 3.17. The van der Waals surface area contributed by atoms with E-state index in [-0.39, 0.29) is 12.2 Å². The number of rotatable bonds is 5. The van der Waals surface area contributed by atoms with Gasteiger partial charge in [-0.3, -0.25) is 0 Å². The molecule has 1 unspecified atom stereocenters. The van der Waals surface area contributed by atoms with E-state index in [1.54, 1.807) is 11.3 Å². The van der Waals surface area contributed by atoms with Gasteiger partial charge in [0.15, 0.2) is 0 Å². The maximum absolute atomic E-state index is 6.68. The molecule has 1 fully saturated rings. The number of nitrogens with two attached hydrogens (primary N) is 1. The van der Waals surface area contributed by atoms with Gasteiger partial charge in [0.25, 0.3) is 0 Å². The second-order valence-corrected chi connectivity index (χ2v) is 8.57. The molecule has 1 aromatic heterocycles. The lowest BCUT2D eigenvalue weighted by Gasteiger charge is -2.31. The monoisotopic (exact) mass is 405 g/mol. The van der Waals surface area contributed by atoms with Crippen LogP contribution in [-0.2, 0) is 4.74 Å². The molecular weight excluding hydrogens is 378 g/mol. The molecule has 1 atom stereocenters. The second-order valence-electron chi connectivity index (χ2n) is 7.50. The summed E-state index contributed by atoms with van der Waals surface area (Å²) in [6.07, 6.45) is 2.88. The number of benzene rings is 2. The molecule has 150 valence electrons. The zero-order valence-electron chi connectivity index (χ0n) is 16.8. The summed E-state index contributed by atoms with van der Waals surface area (Å²) in [5, 5.41) is 1.01. The van der Waals surface area contributed by atoms with Gasteiger partial charge < -0.3 is 15.4 Å². The van der Waals surface area contributed by atoms with Gasteiger partial charge in [-0.05, 0) is 49.7 Å². The number of hydrogen-bond acceptors (Lipinski definition) is 5. The van der Waals surface area contributed by atoms with Crippen LogP contribution in [0.3, 0.4) is 0 Å². The average molecular weight is 406 g/mol. The van der Waals surface area contributed by atoms with E-state index in [1.165, 1.54) is 4.70 Å². The summed E-state index contributed by atoms with van der Waals surface area (Å²) < 4.78 is 7.87. The normalized spacial score (nSPS) is 16.5. The third kappa shape index (κ3) is 5.04. The third-order valence-electron chi connectivity index (χ3n) is 5.22. The Hall–Kier alpha value is -2.23. The number of hydrogen-bond donors (Lipinski definition) is 1. The Morgan fingerprint density at radius 1 is 1.21 bits per heavy atom. The number of nitrogens with zero attached hydrogens (tertiary/aromatic N) is 2. The van der Waals surface area contributed by atoms with Crippen molar-refractivity contribution >= 4 is 21.6 Å². The molecule has 5 heteroatoms. The predicted molar refractivity (Wildman–Crippen MR) is 120 cm³/mol. The first-order valence-electron chi connectivity index (χ1n) is 10.2. The lowest BCUT2D eigenvalue weighted by molar-refractivity contribution is -0.0234. The maximum Gasteiger partial charge on any atom is 0.134 e. The molecule has 4 nitrogen and oxygen atoms in total. The van der Waals surface area contributed by atoms with Crippen molar-refractivity contribution in [2.24, 2.45) is 5.73 Å². The van der Waals surface area contributed by atoms with E-state index >= 15 is 0 Å². The number of fused-ring (bicyclic) bond motifs is 1. The SMILES string of the molecule is CN1CCC(OC(c2cccc(C#CCCN)c2)c2nc3ccccc3s2)CC1. The largest absolute Gasteiger partial charge is 0.363 e. The van der Waals surface area contributed by atoms with Gasteiger partial charge in [0.1, 0.15) is 11.1 Å². The molecule has 29 heavy (non-hydrogen) atoms. The van der Waals surface area contributed by atoms with Gasteiger partial charge in [0.2, 0.25) is 0 Å². The quantitative estimate of drug-likeness (QED) is 0.647. The molecule has 4 rings (SSSR count). The van der Waals surface area contributed by atoms with E-state index < -0.39 is 0 Å². The Bertz CT molecular complexity index is 978. The minimum Gasteiger partial charge on any atom is -0.363 e. The fourth-order valence-electron chi connectivity index (χ4n) is 3.61. The first-order valence-corrected chi connectivity index (χ1v) is 11.0. The molecule has 0 radical (unpaired) electrons. The fourth-order valence-corrected chi connectivity index (χ4v) is 4.64. The second kappa shape index (κ2) is 9.51. The molecule has 2 heterocycles. The molecule has 1 saturated heterocycles. The summed E-state index contributed by atoms with van der Waals surface area (Å²) in [6, 6.07) is 16.6. The lowest BCUT2D eigenvalue weighted by Crippen LogP contribution is -2.35. The first kappa shape index (κ1) is 20.1. The zero-order valence-corrected chi connectivity index (χ0v) is 17.6. The van der Waals surface area contributed by atoms with Crippen LogP contribution in [-0.4, -0.2) is 42.7 Å². The first-order chi connectivity index (χ1) is 14.2. The Kier molecular flexibility index (Phi) is 6.58. The van der Waals surface area contributed by atoms with Crippen molar-refractivity contribution in [3.63, 3.8) is 0 Å². The minimum absolute atomic E-state index is 0.169. The number of para-hydroxylation sites is 1. The van der Waals surface area contributed by atoms with Crippen molar-refractivity contribution in [1.82, 2.24) is 9.88 Å². The molecule has 0 aliphatic carbocycles. The molecule has 3 aromatic rings. The Morgan fingerprint density at radius 2 is 2.03 bits per heavy atom. The van der Waals surface area contributed by atoms with Gasteiger partial charge >= 0.3 is 0 Å². The van der Waals surface area contributed by atoms with Gasteiger partial charge in [-0.25, -0.2) is 4.98 Å². The highest BCUT2D eigenvalue weighted by Gasteiger charge is 2.26. The maximum atomic E-state index is 6.68. The summed E-state index contributed by atoms with van der Waals surface area (Å²) in [5.41, 5.74) is 8.70. The molecular formula is C24H27N3OS. The summed E-state index contributed by atoms with van der Waals surface area (Å²) in [5.74, 6) is 6.35. The minimum atomic E-state index is -0.169. The number of aromatic nitrogens is 1. The Labute approximate surface area is 176 Å². The molecule has 0 spiro atoms. The summed E-state index contributed by atoms with van der Waals surface area (Å²) >= 11 is 1.72. The van der Waals surface area contributed by atoms with E-state index in [0.717, 1.165) is 47.6 Å². The smallest absolute Gasteiger partial charge is 0.134 e. The van der Waals surface area contributed by atoms with Gasteiger partial charge in [-0.15, -0.1) is 11.3 Å². The van der Waals surface area contributed by atoms with Crippen molar-refractivity contribution in [2.45, 2.75) is 31.5 Å². The number of piperidine rings is 1. The van der Waals surface area contributed by atoms with Crippen LogP contribution in [0.25, 0.3) is 10.2 Å². The van der Waals surface area contributed by atoms with Gasteiger partial charge in [-0.1, -0.05) is 36.1 Å². The number of thiazole rings is 1. The van der Waals surface area contributed by atoms with Crippen molar-refractivity contribution in [1.29, 1.82) is 0 Å². The van der Waals surface area contributed by atoms with Gasteiger partial charge in [-0.2, -0.15) is 0 Å². The van der Waals surface area contributed by atoms with Crippen molar-refractivity contribution in [2.75, 3.05) is 26.7 Å². The molecule has 0 saturated carbocycles. The van der Waals surface area contributed by atoms with Crippen LogP contribution < -0.4 is 5.73 Å². The molecule has 2 N–H and O–H groups in total. The van der Waals surface area contributed by atoms with E-state index in [4.69, 9.17) is 15.5 Å². The molecule has 2 aromatic carbocycles. The zero-order chi connectivity index (χ0) is 20.1. The number of ether oxygens (including phenoxy) is 1. The summed E-state index contributed by atoms with van der Waals surface area (Å²) in [4.78, 5) is 7.27. The van der Waals surface area contributed by atoms with Crippen molar-refractivity contribution in [3.8, 4) is 11.8 Å². The van der Waals surface area contributed by atoms with Gasteiger partial charge in [0, 0.05) is 31.6 Å². The van der Waals surface area contributed by atoms with Crippen molar-refractivity contribution in [3.05, 3.63) is 64.7 Å². The van der Waals surface area contributed by atoms with E-state index in [2.05, 4.69) is 60.2 Å². The van der Waals surface area contributed by atoms with Crippen LogP contribution in [0, 0.1) is 11.8 Å². The molecule has 1 aliphatic rings. The molecule has 0 amide bonds. The third-order valence-corrected chi connectivity index (χ3v) is 6.30. The van der Waals surface area contributed by atoms with Crippen LogP contribution in [0.5, 0.6) is 0 Å². The van der Waals surface area contributed by atoms with Crippen LogP contribution in [0.4, 0.5) is 0 Å². The lowest BCUT2D eigenvalue weighted by atomic mass is 10.0. The standard InChI is InChI=1S/C24H27N3OS/c1-27-15-12-20(13-16-27)28-23(24-26-21-10-2-3-11-22(21)29-24)19-9-6-8-18(17-19)7-4-5-14-25/h2-3,6,8-11,17,20,23H,5,12-16,25H2,1H3. The van der Waals surface area contributed by atoms with Crippen LogP contribution in [0.2, 0.25) is 0 Å². The van der Waals surface area contributed by atoms with Crippen LogP contribution in [0.15, 0.2) is 48.5 Å². The van der Waals surface area contributed by atoms with E-state index in [1.807, 2.05) is 12.1 Å². The van der Waals surface area contributed by atoms with Crippen LogP contribution >= 0.6 is 11.3 Å². The topological polar surface area (TPSA) is 51.4 Å². The van der Waals surface area contributed by atoms with Gasteiger partial charge in [0.05, 0.1) is 16.3 Å². The highest BCUT2D eigenvalue weighted by atomic mass is 32.1. The highest BCUT2D eigenvalue weighted by molar-refractivity contribution is 7.18. The molecule has 1 aliphatic heterocycles. The Morgan fingerprint density at radius 3 is 2.83 bits per heavy atom. The van der Waals surface area contributed by atoms with Crippen molar-refractivity contribution < 1.29 is 4.74 Å². The Balaban J connectivity index is 1.66. The number of likely N-dealkylation sites (tertiary alicyclic amines) is 1. The predicted octanol–water partition coefficient (Wildman–Crippen LogP) is 4.20. The highest BCUT2D eigenvalue weighted by Crippen LogP contribution is 2.35. The summed E-state index contributed by atoms with van der Waals surface area (Å²) in [6.45, 7) is 2.73. The van der Waals surface area contributed by atoms with Crippen LogP contribution in [0.1, 0.15) is 41.5 Å². The summed E-state index contributed by atoms with van der Waals surface area (Å²) in [7, 11) is 2.17.